The largest absolute Gasteiger partial charge is 0.356 e. The lowest BCUT2D eigenvalue weighted by Crippen LogP contribution is -2.20. The van der Waals surface area contributed by atoms with Gasteiger partial charge in [-0.3, -0.25) is 4.79 Å². The Morgan fingerprint density at radius 3 is 2.93 bits per heavy atom. The minimum atomic E-state index is 0.0867. The van der Waals surface area contributed by atoms with Crippen LogP contribution in [0, 0.1) is 5.92 Å². The minimum absolute atomic E-state index is 0.0867. The van der Waals surface area contributed by atoms with E-state index < -0.39 is 0 Å². The number of hydrogen-bond donors (Lipinski definition) is 1. The van der Waals surface area contributed by atoms with Crippen LogP contribution in [0.15, 0.2) is 22.7 Å². The molecular formula is C11H11BrClNO. The lowest BCUT2D eigenvalue weighted by atomic mass is 9.98. The van der Waals surface area contributed by atoms with E-state index in [2.05, 4.69) is 21.2 Å². The second-order valence-electron chi connectivity index (χ2n) is 3.72. The molecular weight excluding hydrogens is 277 g/mol. The Morgan fingerprint density at radius 2 is 2.33 bits per heavy atom. The van der Waals surface area contributed by atoms with Gasteiger partial charge in [0.1, 0.15) is 0 Å². The molecule has 0 spiro atoms. The maximum absolute atomic E-state index is 11.4. The molecule has 1 atom stereocenters. The van der Waals surface area contributed by atoms with Gasteiger partial charge in [-0.05, 0) is 30.5 Å². The fraction of sp³-hybridized carbons (Fsp3) is 0.364. The van der Waals surface area contributed by atoms with Gasteiger partial charge < -0.3 is 5.32 Å². The molecule has 1 aromatic carbocycles. The molecule has 0 aromatic heterocycles. The quantitative estimate of drug-likeness (QED) is 0.891. The predicted molar refractivity (Wildman–Crippen MR) is 64.0 cm³/mol. The van der Waals surface area contributed by atoms with Gasteiger partial charge in [0.2, 0.25) is 5.91 Å². The summed E-state index contributed by atoms with van der Waals surface area (Å²) in [4.78, 5) is 11.4. The van der Waals surface area contributed by atoms with Gasteiger partial charge in [-0.2, -0.15) is 0 Å². The smallest absolute Gasteiger partial charge is 0.223 e. The fourth-order valence-electron chi connectivity index (χ4n) is 1.79. The summed E-state index contributed by atoms with van der Waals surface area (Å²) in [5.41, 5.74) is 1.04. The topological polar surface area (TPSA) is 29.1 Å². The normalized spacial score (nSPS) is 20.4. The van der Waals surface area contributed by atoms with E-state index in [0.717, 1.165) is 34.4 Å². The second-order valence-corrected chi connectivity index (χ2v) is 5.04. The highest BCUT2D eigenvalue weighted by atomic mass is 79.9. The molecule has 0 bridgehead atoms. The number of nitrogens with one attached hydrogen (secondary N) is 1. The average molecular weight is 289 g/mol. The van der Waals surface area contributed by atoms with E-state index in [1.807, 2.05) is 18.2 Å². The van der Waals surface area contributed by atoms with E-state index in [0.29, 0.717) is 0 Å². The van der Waals surface area contributed by atoms with Crippen molar-refractivity contribution in [2.24, 2.45) is 5.92 Å². The third-order valence-electron chi connectivity index (χ3n) is 2.64. The van der Waals surface area contributed by atoms with Crippen LogP contribution in [0.3, 0.4) is 0 Å². The van der Waals surface area contributed by atoms with Crippen LogP contribution >= 0.6 is 27.5 Å². The maximum atomic E-state index is 11.4. The summed E-state index contributed by atoms with van der Waals surface area (Å²) in [6.45, 7) is 0.789. The molecule has 2 nitrogen and oxygen atoms in total. The molecule has 2 rings (SSSR count). The zero-order chi connectivity index (χ0) is 10.8. The first-order valence-corrected chi connectivity index (χ1v) is 6.05. The molecule has 0 saturated carbocycles. The van der Waals surface area contributed by atoms with Gasteiger partial charge >= 0.3 is 0 Å². The molecule has 1 heterocycles. The third-order valence-corrected chi connectivity index (χ3v) is 3.49. The highest BCUT2D eigenvalue weighted by molar-refractivity contribution is 9.10. The molecule has 1 amide bonds. The van der Waals surface area contributed by atoms with Crippen LogP contribution in [0.4, 0.5) is 0 Å². The Bertz CT molecular complexity index is 394. The van der Waals surface area contributed by atoms with Crippen molar-refractivity contribution >= 4 is 33.4 Å². The Hall–Kier alpha value is -0.540. The molecule has 1 aromatic rings. The van der Waals surface area contributed by atoms with Crippen molar-refractivity contribution in [1.29, 1.82) is 0 Å². The van der Waals surface area contributed by atoms with Crippen LogP contribution < -0.4 is 5.32 Å². The Kier molecular flexibility index (Phi) is 3.32. The van der Waals surface area contributed by atoms with Crippen molar-refractivity contribution in [1.82, 2.24) is 5.32 Å². The van der Waals surface area contributed by atoms with Crippen molar-refractivity contribution in [3.8, 4) is 0 Å². The first kappa shape index (κ1) is 11.0. The highest BCUT2D eigenvalue weighted by Gasteiger charge is 2.24. The van der Waals surface area contributed by atoms with Gasteiger partial charge in [0.05, 0.1) is 0 Å². The monoisotopic (exact) mass is 287 g/mol. The van der Waals surface area contributed by atoms with Gasteiger partial charge in [0.15, 0.2) is 0 Å². The number of carbonyl (C=O) groups is 1. The van der Waals surface area contributed by atoms with Gasteiger partial charge in [-0.1, -0.05) is 33.6 Å². The zero-order valence-electron chi connectivity index (χ0n) is 8.09. The molecule has 1 unspecified atom stereocenters. The van der Waals surface area contributed by atoms with Gasteiger partial charge in [0, 0.05) is 22.0 Å². The minimum Gasteiger partial charge on any atom is -0.356 e. The SMILES string of the molecule is O=C1NCCC1Cc1ccc(Br)cc1Cl. The van der Waals surface area contributed by atoms with Crippen LogP contribution in [0.2, 0.25) is 5.02 Å². The molecule has 1 fully saturated rings. The Balaban J connectivity index is 2.13. The summed E-state index contributed by atoms with van der Waals surface area (Å²) in [7, 11) is 0. The van der Waals surface area contributed by atoms with Crippen molar-refractivity contribution in [2.45, 2.75) is 12.8 Å². The van der Waals surface area contributed by atoms with Crippen molar-refractivity contribution in [3.05, 3.63) is 33.3 Å². The average Bonchev–Trinajstić information content (AvgIpc) is 2.57. The molecule has 1 N–H and O–H groups in total. The van der Waals surface area contributed by atoms with E-state index in [1.165, 1.54) is 0 Å². The van der Waals surface area contributed by atoms with Crippen molar-refractivity contribution in [2.75, 3.05) is 6.54 Å². The van der Waals surface area contributed by atoms with E-state index in [9.17, 15) is 4.79 Å². The number of halogens is 2. The number of hydrogen-bond acceptors (Lipinski definition) is 1. The zero-order valence-corrected chi connectivity index (χ0v) is 10.4. The predicted octanol–water partition coefficient (Wildman–Crippen LogP) is 2.78. The molecule has 1 saturated heterocycles. The lowest BCUT2D eigenvalue weighted by Gasteiger charge is -2.08. The fourth-order valence-corrected chi connectivity index (χ4v) is 2.54. The molecule has 0 aliphatic carbocycles. The summed E-state index contributed by atoms with van der Waals surface area (Å²) in [6, 6.07) is 5.79. The molecule has 0 radical (unpaired) electrons. The summed E-state index contributed by atoms with van der Waals surface area (Å²) in [5.74, 6) is 0.234. The highest BCUT2D eigenvalue weighted by Crippen LogP contribution is 2.25. The molecule has 1 aliphatic heterocycles. The number of amides is 1. The third kappa shape index (κ3) is 2.52. The Morgan fingerprint density at radius 1 is 1.53 bits per heavy atom. The van der Waals surface area contributed by atoms with E-state index in [4.69, 9.17) is 11.6 Å². The van der Waals surface area contributed by atoms with E-state index >= 15 is 0 Å². The maximum Gasteiger partial charge on any atom is 0.223 e. The molecule has 1 aliphatic rings. The van der Waals surface area contributed by atoms with Crippen LogP contribution in [-0.2, 0) is 11.2 Å². The van der Waals surface area contributed by atoms with Crippen LogP contribution in [0.1, 0.15) is 12.0 Å². The van der Waals surface area contributed by atoms with Crippen LogP contribution in [-0.4, -0.2) is 12.5 Å². The summed E-state index contributed by atoms with van der Waals surface area (Å²) in [6.07, 6.45) is 1.64. The van der Waals surface area contributed by atoms with Gasteiger partial charge in [-0.15, -0.1) is 0 Å². The molecule has 80 valence electrons. The lowest BCUT2D eigenvalue weighted by molar-refractivity contribution is -0.122. The van der Waals surface area contributed by atoms with Crippen LogP contribution in [0.5, 0.6) is 0 Å². The second kappa shape index (κ2) is 4.54. The standard InChI is InChI=1S/C11H11BrClNO/c12-9-2-1-7(10(13)6-9)5-8-3-4-14-11(8)15/h1-2,6,8H,3-5H2,(H,14,15). The van der Waals surface area contributed by atoms with Crippen molar-refractivity contribution in [3.63, 3.8) is 0 Å². The first-order chi connectivity index (χ1) is 7.16. The van der Waals surface area contributed by atoms with E-state index in [-0.39, 0.29) is 11.8 Å². The van der Waals surface area contributed by atoms with Crippen LogP contribution in [0.25, 0.3) is 0 Å². The number of rotatable bonds is 2. The summed E-state index contributed by atoms with van der Waals surface area (Å²) in [5, 5.41) is 3.56. The first-order valence-electron chi connectivity index (χ1n) is 4.88. The molecule has 4 heteroatoms. The summed E-state index contributed by atoms with van der Waals surface area (Å²) < 4.78 is 0.965. The number of carbonyl (C=O) groups excluding carboxylic acids is 1. The Labute approximate surface area is 102 Å². The van der Waals surface area contributed by atoms with E-state index in [1.54, 1.807) is 0 Å². The summed E-state index contributed by atoms with van der Waals surface area (Å²) >= 11 is 9.45. The van der Waals surface area contributed by atoms with Gasteiger partial charge in [0.25, 0.3) is 0 Å². The number of benzene rings is 1. The molecule has 15 heavy (non-hydrogen) atoms. The van der Waals surface area contributed by atoms with Gasteiger partial charge in [-0.25, -0.2) is 0 Å². The van der Waals surface area contributed by atoms with Crippen molar-refractivity contribution < 1.29 is 4.79 Å².